The minimum atomic E-state index is -1.51. The van der Waals surface area contributed by atoms with E-state index in [2.05, 4.69) is 10.1 Å². The van der Waals surface area contributed by atoms with Gasteiger partial charge in [0.25, 0.3) is 11.8 Å². The number of carboxylic acid groups (broad SMARTS) is 3. The zero-order valence-corrected chi connectivity index (χ0v) is 32.2. The minimum absolute atomic E-state index is 0.0177. The maximum absolute atomic E-state index is 12.4. The summed E-state index contributed by atoms with van der Waals surface area (Å²) in [6.07, 6.45) is -0.506. The molecule has 0 radical (unpaired) electrons. The molecule has 2 aromatic carbocycles. The van der Waals surface area contributed by atoms with Gasteiger partial charge >= 0.3 is 226 Å². The van der Waals surface area contributed by atoms with Gasteiger partial charge in [0.1, 0.15) is 6.04 Å². The maximum atomic E-state index is 12.4. The van der Waals surface area contributed by atoms with Crippen LogP contribution >= 0.6 is 0 Å². The van der Waals surface area contributed by atoms with E-state index in [0.717, 1.165) is 4.90 Å². The third kappa shape index (κ3) is 10.4. The summed E-state index contributed by atoms with van der Waals surface area (Å²) in [6.45, 7) is 0. The Labute approximate surface area is 320 Å². The number of fused-ring (bicyclic) bond motifs is 2. The van der Waals surface area contributed by atoms with Crippen LogP contribution < -0.4 is 11.1 Å². The van der Waals surface area contributed by atoms with Crippen LogP contribution in [0.3, 0.4) is 0 Å². The standard InChI is InChI=1S/C17H18N2O7Se.C13H9NO5.C4H9NO2Se/c1-27-8-11(16(23)24)18-13(20)7-6-12(17(25)26)19-14(21)9-4-2-3-5-10(9)15(19)22;15-10-6-5-9(13(18)19-10)14-11(16)7-3-1-2-4-8(7)12(14)17;1-8-2-3(5)4(6)7/h2-5,11-12H,6-8H2,1H3,(H,18,20)(H,23,24)(H,25,26);1-4,9H,5-6H2;3H,2,5H2,1H3,(H,6,7)/t11-,12-;9-;3-/m000/s1. The normalized spacial score (nSPS) is 17.5. The van der Waals surface area contributed by atoms with Gasteiger partial charge in [0, 0.05) is 6.42 Å². The molecule has 0 aromatic heterocycles. The van der Waals surface area contributed by atoms with Crippen LogP contribution in [0.25, 0.3) is 0 Å². The first-order valence-corrected chi connectivity index (χ1v) is 21.8. The van der Waals surface area contributed by atoms with Gasteiger partial charge in [0.2, 0.25) is 0 Å². The van der Waals surface area contributed by atoms with Crippen LogP contribution in [0.4, 0.5) is 0 Å². The van der Waals surface area contributed by atoms with Crippen LogP contribution in [0.15, 0.2) is 48.5 Å². The Morgan fingerprint density at radius 3 is 1.65 bits per heavy atom. The molecule has 18 nitrogen and oxygen atoms in total. The number of nitrogens with zero attached hydrogens (tertiary/aromatic N) is 2. The Kier molecular flexibility index (Phi) is 15.7. The molecule has 20 heteroatoms. The molecule has 3 heterocycles. The number of aliphatic carboxylic acids is 3. The van der Waals surface area contributed by atoms with E-state index >= 15 is 0 Å². The van der Waals surface area contributed by atoms with Crippen molar-refractivity contribution in [2.24, 2.45) is 5.73 Å². The van der Waals surface area contributed by atoms with Crippen LogP contribution in [0.1, 0.15) is 67.1 Å². The van der Waals surface area contributed by atoms with E-state index in [1.165, 1.54) is 24.3 Å². The summed E-state index contributed by atoms with van der Waals surface area (Å²) in [7, 11) is 0. The molecular formula is C34H36N4O14Se2. The zero-order chi connectivity index (χ0) is 40.3. The van der Waals surface area contributed by atoms with Crippen molar-refractivity contribution < 1.29 is 68.0 Å². The number of carbonyl (C=O) groups excluding carboxylic acids is 7. The van der Waals surface area contributed by atoms with Crippen LogP contribution in [0, 0.1) is 0 Å². The zero-order valence-electron chi connectivity index (χ0n) is 28.8. The number of amides is 5. The third-order valence-electron chi connectivity index (χ3n) is 7.94. The van der Waals surface area contributed by atoms with Crippen LogP contribution in [-0.2, 0) is 33.5 Å². The second-order valence-corrected chi connectivity index (χ2v) is 15.4. The van der Waals surface area contributed by atoms with E-state index in [1.54, 1.807) is 24.3 Å². The average Bonchev–Trinajstić information content (AvgIpc) is 3.53. The van der Waals surface area contributed by atoms with Gasteiger partial charge in [-0.25, -0.2) is 4.79 Å². The van der Waals surface area contributed by atoms with Crippen LogP contribution in [0.2, 0.25) is 22.3 Å². The number of carbonyl (C=O) groups is 10. The first-order chi connectivity index (χ1) is 25.5. The van der Waals surface area contributed by atoms with E-state index < -0.39 is 83.5 Å². The fourth-order valence-electron chi connectivity index (χ4n) is 5.31. The predicted octanol–water partition coefficient (Wildman–Crippen LogP) is 0.340. The van der Waals surface area contributed by atoms with Crippen molar-refractivity contribution in [3.63, 3.8) is 0 Å². The molecule has 0 spiro atoms. The van der Waals surface area contributed by atoms with Crippen molar-refractivity contribution in [3.8, 4) is 0 Å². The second-order valence-electron chi connectivity index (χ2n) is 11.6. The summed E-state index contributed by atoms with van der Waals surface area (Å²) in [4.78, 5) is 118. The second kappa shape index (κ2) is 19.7. The van der Waals surface area contributed by atoms with Crippen molar-refractivity contribution >= 4 is 89.3 Å². The van der Waals surface area contributed by atoms with Gasteiger partial charge in [-0.15, -0.1) is 0 Å². The monoisotopic (exact) mass is 884 g/mol. The van der Waals surface area contributed by atoms with Gasteiger partial charge in [-0.05, 0) is 18.6 Å². The van der Waals surface area contributed by atoms with Gasteiger partial charge in [0.15, 0.2) is 0 Å². The summed E-state index contributed by atoms with van der Waals surface area (Å²) in [5, 5.41) is 30.0. The number of esters is 2. The molecule has 1 saturated heterocycles. The Hall–Kier alpha value is -5.26. The Balaban J connectivity index is 0.000000250. The third-order valence-corrected chi connectivity index (χ3v) is 10.8. The molecule has 3 aliphatic rings. The summed E-state index contributed by atoms with van der Waals surface area (Å²) < 4.78 is 4.48. The van der Waals surface area contributed by atoms with Crippen molar-refractivity contribution in [3.05, 3.63) is 70.8 Å². The smallest absolute Gasteiger partial charge is 0.337 e. The molecule has 0 aliphatic carbocycles. The molecule has 6 N–H and O–H groups in total. The molecule has 54 heavy (non-hydrogen) atoms. The first-order valence-electron chi connectivity index (χ1n) is 15.9. The summed E-state index contributed by atoms with van der Waals surface area (Å²) in [6, 6.07) is 8.18. The first kappa shape index (κ1) is 43.1. The number of benzene rings is 2. The minimum Gasteiger partial charge on any atom is -0.392 e. The van der Waals surface area contributed by atoms with Crippen molar-refractivity contribution in [1.82, 2.24) is 15.1 Å². The van der Waals surface area contributed by atoms with E-state index in [1.807, 2.05) is 11.6 Å². The Morgan fingerprint density at radius 2 is 1.26 bits per heavy atom. The number of nitrogens with one attached hydrogen (secondary N) is 1. The topological polar surface area (TPSA) is 285 Å². The van der Waals surface area contributed by atoms with Gasteiger partial charge in [-0.1, -0.05) is 12.1 Å². The number of cyclic esters (lactones) is 2. The van der Waals surface area contributed by atoms with Crippen molar-refractivity contribution in [2.75, 3.05) is 0 Å². The number of hydrogen-bond donors (Lipinski definition) is 5. The van der Waals surface area contributed by atoms with Gasteiger partial charge in [-0.2, -0.15) is 0 Å². The number of imide groups is 2. The predicted molar refractivity (Wildman–Crippen MR) is 187 cm³/mol. The van der Waals surface area contributed by atoms with E-state index in [9.17, 15) is 53.1 Å². The van der Waals surface area contributed by atoms with Gasteiger partial charge in [0.05, 0.1) is 11.1 Å². The molecule has 5 amide bonds. The van der Waals surface area contributed by atoms with Crippen LogP contribution in [0.5, 0.6) is 0 Å². The molecule has 1 fully saturated rings. The van der Waals surface area contributed by atoms with Crippen molar-refractivity contribution in [1.29, 1.82) is 0 Å². The fourth-order valence-corrected chi connectivity index (χ4v) is 7.54. The van der Waals surface area contributed by atoms with Gasteiger partial charge < -0.3 is 4.74 Å². The molecule has 0 saturated carbocycles. The van der Waals surface area contributed by atoms with E-state index in [-0.39, 0.29) is 62.9 Å². The largest absolute Gasteiger partial charge is 0.392 e. The van der Waals surface area contributed by atoms with Gasteiger partial charge in [-0.3, -0.25) is 19.3 Å². The molecule has 0 bridgehead atoms. The number of nitrogens with two attached hydrogens (primary N) is 1. The SMILES string of the molecule is C[Se]C[C@H](N)C(=O)O.C[Se]C[C@H](NC(=O)CC[C@@H](C(=O)O)N1C(=O)c2ccccc2C1=O)C(=O)O.O=C1CC[C@H](N2C(=O)c3ccccc3C2=O)C(=O)O1. The number of hydrogen-bond acceptors (Lipinski definition) is 12. The van der Waals surface area contributed by atoms with Crippen LogP contribution in [-0.4, -0.2) is 139 Å². The molecule has 4 atom stereocenters. The van der Waals surface area contributed by atoms with Crippen molar-refractivity contribution in [2.45, 2.75) is 72.1 Å². The molecule has 5 rings (SSSR count). The number of carboxylic acids is 3. The van der Waals surface area contributed by atoms with E-state index in [0.29, 0.717) is 30.5 Å². The maximum Gasteiger partial charge on any atom is 0.337 e. The number of ether oxygens (including phenoxy) is 1. The molecule has 288 valence electrons. The quantitative estimate of drug-likeness (QED) is 0.0785. The Morgan fingerprint density at radius 1 is 0.778 bits per heavy atom. The summed E-state index contributed by atoms with van der Waals surface area (Å²) in [5.74, 6) is -4.26. The average molecular weight is 883 g/mol. The summed E-state index contributed by atoms with van der Waals surface area (Å²) >= 11 is 0.401. The van der Waals surface area contributed by atoms with E-state index in [4.69, 9.17) is 15.9 Å². The molecular weight excluding hydrogens is 846 g/mol. The molecule has 2 aromatic rings. The Bertz CT molecular complexity index is 1780. The number of rotatable bonds is 13. The summed E-state index contributed by atoms with van der Waals surface area (Å²) in [5.41, 5.74) is 5.93. The molecule has 3 aliphatic heterocycles. The molecule has 0 unspecified atom stereocenters. The fraction of sp³-hybridized carbons (Fsp3) is 0.353.